The summed E-state index contributed by atoms with van der Waals surface area (Å²) in [6.07, 6.45) is 1.95. The second-order valence-corrected chi connectivity index (χ2v) is 4.89. The van der Waals surface area contributed by atoms with Crippen molar-refractivity contribution in [2.24, 2.45) is 0 Å². The van der Waals surface area contributed by atoms with Gasteiger partial charge >= 0.3 is 0 Å². The zero-order valence-electron chi connectivity index (χ0n) is 11.6. The number of aliphatic hydroxyl groups excluding tert-OH is 1. The molecule has 1 N–H and O–H groups in total. The van der Waals surface area contributed by atoms with Crippen molar-refractivity contribution in [3.05, 3.63) is 47.3 Å². The molecule has 0 aliphatic heterocycles. The molecule has 0 aliphatic carbocycles. The Hall–Kier alpha value is -1.81. The first-order chi connectivity index (χ1) is 9.11. The summed E-state index contributed by atoms with van der Waals surface area (Å²) in [4.78, 5) is 0. The van der Waals surface area contributed by atoms with Gasteiger partial charge in [-0.25, -0.2) is 0 Å². The van der Waals surface area contributed by atoms with Crippen LogP contribution in [-0.2, 0) is 13.2 Å². The lowest BCUT2D eigenvalue weighted by atomic mass is 10.1. The molecule has 2 aromatic rings. The molecule has 1 aromatic heterocycles. The van der Waals surface area contributed by atoms with E-state index in [-0.39, 0.29) is 6.61 Å². The maximum Gasteiger partial charge on any atom is 0.132 e. The molecule has 1 heterocycles. The predicted octanol–water partition coefficient (Wildman–Crippen LogP) is 2.84. The fourth-order valence-corrected chi connectivity index (χ4v) is 1.93. The molecule has 0 amide bonds. The third kappa shape index (κ3) is 3.15. The van der Waals surface area contributed by atoms with Crippen molar-refractivity contribution in [1.29, 1.82) is 0 Å². The number of para-hydroxylation sites is 1. The molecule has 0 unspecified atom stereocenters. The van der Waals surface area contributed by atoms with Crippen LogP contribution in [0.25, 0.3) is 0 Å². The van der Waals surface area contributed by atoms with Gasteiger partial charge in [0.25, 0.3) is 0 Å². The number of ether oxygens (including phenoxy) is 1. The number of hydrogen-bond donors (Lipinski definition) is 1. The van der Waals surface area contributed by atoms with E-state index in [1.165, 1.54) is 0 Å². The summed E-state index contributed by atoms with van der Waals surface area (Å²) in [6, 6.07) is 8.06. The zero-order valence-corrected chi connectivity index (χ0v) is 11.6. The minimum Gasteiger partial charge on any atom is -0.487 e. The largest absolute Gasteiger partial charge is 0.487 e. The molecule has 19 heavy (non-hydrogen) atoms. The molecule has 1 aromatic carbocycles. The summed E-state index contributed by atoms with van der Waals surface area (Å²) in [5.41, 5.74) is 2.72. The number of aliphatic hydroxyl groups is 1. The summed E-state index contributed by atoms with van der Waals surface area (Å²) >= 11 is 0. The van der Waals surface area contributed by atoms with Crippen molar-refractivity contribution >= 4 is 0 Å². The minimum absolute atomic E-state index is 0.0164. The van der Waals surface area contributed by atoms with Gasteiger partial charge in [-0.3, -0.25) is 4.68 Å². The predicted molar refractivity (Wildman–Crippen MR) is 74.0 cm³/mol. The Kier molecular flexibility index (Phi) is 4.22. The molecule has 4 nitrogen and oxygen atoms in total. The van der Waals surface area contributed by atoms with Gasteiger partial charge in [-0.05, 0) is 32.4 Å². The monoisotopic (exact) mass is 260 g/mol. The van der Waals surface area contributed by atoms with Crippen molar-refractivity contribution in [3.8, 4) is 5.75 Å². The highest BCUT2D eigenvalue weighted by atomic mass is 16.5. The third-order valence-corrected chi connectivity index (χ3v) is 3.02. The van der Waals surface area contributed by atoms with Crippen LogP contribution in [0.5, 0.6) is 5.75 Å². The van der Waals surface area contributed by atoms with E-state index in [0.29, 0.717) is 12.6 Å². The van der Waals surface area contributed by atoms with Crippen molar-refractivity contribution in [1.82, 2.24) is 9.78 Å². The average molecular weight is 260 g/mol. The van der Waals surface area contributed by atoms with Gasteiger partial charge in [0.2, 0.25) is 0 Å². The van der Waals surface area contributed by atoms with Crippen LogP contribution in [0, 0.1) is 6.92 Å². The van der Waals surface area contributed by atoms with Crippen LogP contribution in [0.2, 0.25) is 0 Å². The SMILES string of the molecule is Cc1cccc(CO)c1OCc1ccn(C(C)C)n1. The molecule has 4 heteroatoms. The van der Waals surface area contributed by atoms with Crippen LogP contribution in [0.4, 0.5) is 0 Å². The normalized spacial score (nSPS) is 11.0. The van der Waals surface area contributed by atoms with Gasteiger partial charge in [0.05, 0.1) is 12.3 Å². The Bertz CT molecular complexity index is 547. The molecule has 0 saturated heterocycles. The van der Waals surface area contributed by atoms with Crippen molar-refractivity contribution in [3.63, 3.8) is 0 Å². The lowest BCUT2D eigenvalue weighted by Crippen LogP contribution is -2.04. The first-order valence-electron chi connectivity index (χ1n) is 6.48. The quantitative estimate of drug-likeness (QED) is 0.899. The van der Waals surface area contributed by atoms with Gasteiger partial charge in [0, 0.05) is 17.8 Å². The smallest absolute Gasteiger partial charge is 0.132 e. The Balaban J connectivity index is 2.09. The first-order valence-corrected chi connectivity index (χ1v) is 6.48. The maximum atomic E-state index is 9.32. The number of hydrogen-bond acceptors (Lipinski definition) is 3. The van der Waals surface area contributed by atoms with Crippen LogP contribution in [0.15, 0.2) is 30.5 Å². The van der Waals surface area contributed by atoms with Gasteiger partial charge in [0.15, 0.2) is 0 Å². The van der Waals surface area contributed by atoms with E-state index in [4.69, 9.17) is 4.74 Å². The lowest BCUT2D eigenvalue weighted by molar-refractivity contribution is 0.256. The molecule has 2 rings (SSSR count). The topological polar surface area (TPSA) is 47.3 Å². The fraction of sp³-hybridized carbons (Fsp3) is 0.400. The Morgan fingerprint density at radius 2 is 2.11 bits per heavy atom. The molecule has 0 atom stereocenters. The zero-order chi connectivity index (χ0) is 13.8. The lowest BCUT2D eigenvalue weighted by Gasteiger charge is -2.12. The van der Waals surface area contributed by atoms with Gasteiger partial charge < -0.3 is 9.84 Å². The van der Waals surface area contributed by atoms with Crippen molar-refractivity contribution in [2.75, 3.05) is 0 Å². The van der Waals surface area contributed by atoms with Crippen LogP contribution < -0.4 is 4.74 Å². The van der Waals surface area contributed by atoms with Crippen LogP contribution >= 0.6 is 0 Å². The summed E-state index contributed by atoms with van der Waals surface area (Å²) in [7, 11) is 0. The van der Waals surface area contributed by atoms with E-state index in [2.05, 4.69) is 18.9 Å². The molecule has 0 aliphatic rings. The molecular formula is C15H20N2O2. The standard InChI is InChI=1S/C15H20N2O2/c1-11(2)17-8-7-14(16-17)10-19-15-12(3)5-4-6-13(15)9-18/h4-8,11,18H,9-10H2,1-3H3. The Labute approximate surface area is 113 Å². The molecule has 0 radical (unpaired) electrons. The van der Waals surface area contributed by atoms with Crippen LogP contribution in [-0.4, -0.2) is 14.9 Å². The van der Waals surface area contributed by atoms with E-state index in [1.54, 1.807) is 0 Å². The molecular weight excluding hydrogens is 240 g/mol. The second kappa shape index (κ2) is 5.89. The average Bonchev–Trinajstić information content (AvgIpc) is 2.86. The summed E-state index contributed by atoms with van der Waals surface area (Å²) in [6.45, 7) is 6.54. The molecule has 0 spiro atoms. The van der Waals surface area contributed by atoms with E-state index in [9.17, 15) is 5.11 Å². The van der Waals surface area contributed by atoms with E-state index in [1.807, 2.05) is 42.1 Å². The van der Waals surface area contributed by atoms with Crippen molar-refractivity contribution < 1.29 is 9.84 Å². The first kappa shape index (κ1) is 13.6. The maximum absolute atomic E-state index is 9.32. The number of aryl methyl sites for hydroxylation is 1. The van der Waals surface area contributed by atoms with Gasteiger partial charge in [-0.2, -0.15) is 5.10 Å². The molecule has 0 fully saturated rings. The minimum atomic E-state index is -0.0164. The highest BCUT2D eigenvalue weighted by Crippen LogP contribution is 2.24. The highest BCUT2D eigenvalue weighted by molar-refractivity contribution is 5.40. The molecule has 0 bridgehead atoms. The van der Waals surface area contributed by atoms with E-state index in [0.717, 1.165) is 22.6 Å². The number of nitrogens with zero attached hydrogens (tertiary/aromatic N) is 2. The number of aromatic nitrogens is 2. The van der Waals surface area contributed by atoms with Crippen LogP contribution in [0.3, 0.4) is 0 Å². The Morgan fingerprint density at radius 1 is 1.32 bits per heavy atom. The van der Waals surface area contributed by atoms with Gasteiger partial charge in [0.1, 0.15) is 12.4 Å². The van der Waals surface area contributed by atoms with E-state index < -0.39 is 0 Å². The van der Waals surface area contributed by atoms with Crippen LogP contribution in [0.1, 0.15) is 36.7 Å². The number of benzene rings is 1. The fourth-order valence-electron chi connectivity index (χ4n) is 1.93. The summed E-state index contributed by atoms with van der Waals surface area (Å²) in [5.74, 6) is 0.754. The second-order valence-electron chi connectivity index (χ2n) is 4.89. The van der Waals surface area contributed by atoms with Gasteiger partial charge in [-0.15, -0.1) is 0 Å². The summed E-state index contributed by atoms with van der Waals surface area (Å²) in [5, 5.41) is 13.8. The Morgan fingerprint density at radius 3 is 2.74 bits per heavy atom. The van der Waals surface area contributed by atoms with Gasteiger partial charge in [-0.1, -0.05) is 18.2 Å². The molecule has 0 saturated carbocycles. The van der Waals surface area contributed by atoms with Crippen molar-refractivity contribution in [2.45, 2.75) is 40.0 Å². The summed E-state index contributed by atoms with van der Waals surface area (Å²) < 4.78 is 7.71. The number of rotatable bonds is 5. The highest BCUT2D eigenvalue weighted by Gasteiger charge is 2.08. The molecule has 102 valence electrons. The third-order valence-electron chi connectivity index (χ3n) is 3.02. The van der Waals surface area contributed by atoms with E-state index >= 15 is 0 Å².